The maximum absolute atomic E-state index is 11.1. The number of ether oxygens (including phenoxy) is 1. The molecule has 0 atom stereocenters. The zero-order valence-electron chi connectivity index (χ0n) is 10.9. The molecule has 0 aliphatic rings. The molecule has 104 valence electrons. The molecular formula is C15H11N3O3. The van der Waals surface area contributed by atoms with Crippen molar-refractivity contribution in [3.05, 3.63) is 60.3 Å². The minimum atomic E-state index is -1.07. The van der Waals surface area contributed by atoms with Gasteiger partial charge in [0.05, 0.1) is 11.2 Å². The summed E-state index contributed by atoms with van der Waals surface area (Å²) in [5.74, 6) is -0.467. The fraction of sp³-hybridized carbons (Fsp3) is 0.0667. The van der Waals surface area contributed by atoms with E-state index in [0.717, 1.165) is 10.9 Å². The van der Waals surface area contributed by atoms with Crippen molar-refractivity contribution in [2.75, 3.05) is 0 Å². The Morgan fingerprint density at radius 2 is 2.14 bits per heavy atom. The van der Waals surface area contributed by atoms with Crippen molar-refractivity contribution in [3.63, 3.8) is 0 Å². The highest BCUT2D eigenvalue weighted by Gasteiger charge is 2.11. The second-order valence-corrected chi connectivity index (χ2v) is 4.33. The highest BCUT2D eigenvalue weighted by molar-refractivity contribution is 5.88. The van der Waals surface area contributed by atoms with Gasteiger partial charge < -0.3 is 9.84 Å². The van der Waals surface area contributed by atoms with Crippen LogP contribution in [-0.4, -0.2) is 26.0 Å². The van der Waals surface area contributed by atoms with E-state index in [0.29, 0.717) is 11.4 Å². The summed E-state index contributed by atoms with van der Waals surface area (Å²) in [6.45, 7) is 0.0580. The van der Waals surface area contributed by atoms with Gasteiger partial charge in [-0.15, -0.1) is 0 Å². The Bertz CT molecular complexity index is 805. The van der Waals surface area contributed by atoms with Gasteiger partial charge in [-0.1, -0.05) is 6.07 Å². The van der Waals surface area contributed by atoms with Crippen LogP contribution in [0.25, 0.3) is 10.9 Å². The SMILES string of the molecule is O=C(O)c1cncnc1COc1ccc2cccnc2c1. The van der Waals surface area contributed by atoms with E-state index in [2.05, 4.69) is 15.0 Å². The van der Waals surface area contributed by atoms with Crippen LogP contribution in [0.3, 0.4) is 0 Å². The van der Waals surface area contributed by atoms with E-state index in [1.54, 1.807) is 12.3 Å². The van der Waals surface area contributed by atoms with E-state index in [1.807, 2.05) is 24.3 Å². The van der Waals surface area contributed by atoms with Crippen molar-refractivity contribution < 1.29 is 14.6 Å². The molecule has 0 saturated carbocycles. The first-order chi connectivity index (χ1) is 10.2. The van der Waals surface area contributed by atoms with Crippen LogP contribution >= 0.6 is 0 Å². The summed E-state index contributed by atoms with van der Waals surface area (Å²) in [7, 11) is 0. The highest BCUT2D eigenvalue weighted by atomic mass is 16.5. The van der Waals surface area contributed by atoms with Gasteiger partial charge in [-0.25, -0.2) is 14.8 Å². The fourth-order valence-electron chi connectivity index (χ4n) is 1.94. The topological polar surface area (TPSA) is 85.2 Å². The minimum Gasteiger partial charge on any atom is -0.487 e. The summed E-state index contributed by atoms with van der Waals surface area (Å²) in [5.41, 5.74) is 1.19. The van der Waals surface area contributed by atoms with Crippen molar-refractivity contribution in [1.82, 2.24) is 15.0 Å². The van der Waals surface area contributed by atoms with Crippen molar-refractivity contribution in [2.24, 2.45) is 0 Å². The smallest absolute Gasteiger partial charge is 0.339 e. The summed E-state index contributed by atoms with van der Waals surface area (Å²) in [6, 6.07) is 9.33. The summed E-state index contributed by atoms with van der Waals surface area (Å²) >= 11 is 0. The first-order valence-electron chi connectivity index (χ1n) is 6.24. The Morgan fingerprint density at radius 3 is 3.00 bits per heavy atom. The van der Waals surface area contributed by atoms with E-state index < -0.39 is 5.97 Å². The number of hydrogen-bond acceptors (Lipinski definition) is 5. The lowest BCUT2D eigenvalue weighted by Gasteiger charge is -2.08. The van der Waals surface area contributed by atoms with Gasteiger partial charge in [0.25, 0.3) is 0 Å². The zero-order valence-corrected chi connectivity index (χ0v) is 10.9. The van der Waals surface area contributed by atoms with Gasteiger partial charge in [0.1, 0.15) is 24.2 Å². The largest absolute Gasteiger partial charge is 0.487 e. The summed E-state index contributed by atoms with van der Waals surface area (Å²) in [5, 5.41) is 10.1. The molecule has 3 rings (SSSR count). The number of benzene rings is 1. The van der Waals surface area contributed by atoms with E-state index >= 15 is 0 Å². The van der Waals surface area contributed by atoms with Crippen LogP contribution in [-0.2, 0) is 6.61 Å². The Labute approximate surface area is 120 Å². The molecule has 0 radical (unpaired) electrons. The standard InChI is InChI=1S/C15H11N3O3/c19-15(20)12-7-16-9-18-14(12)8-21-11-4-3-10-2-1-5-17-13(10)6-11/h1-7,9H,8H2,(H,19,20). The summed E-state index contributed by atoms with van der Waals surface area (Å²) in [6.07, 6.45) is 4.27. The molecule has 0 aliphatic heterocycles. The molecule has 0 bridgehead atoms. The number of fused-ring (bicyclic) bond motifs is 1. The number of rotatable bonds is 4. The van der Waals surface area contributed by atoms with Gasteiger partial charge in [-0.3, -0.25) is 4.98 Å². The van der Waals surface area contributed by atoms with E-state index in [1.165, 1.54) is 12.5 Å². The Kier molecular flexibility index (Phi) is 3.42. The van der Waals surface area contributed by atoms with Crippen LogP contribution in [0.1, 0.15) is 16.1 Å². The van der Waals surface area contributed by atoms with Crippen LogP contribution in [0.4, 0.5) is 0 Å². The number of carboxylic acid groups (broad SMARTS) is 1. The maximum Gasteiger partial charge on any atom is 0.339 e. The van der Waals surface area contributed by atoms with Gasteiger partial charge >= 0.3 is 5.97 Å². The molecule has 21 heavy (non-hydrogen) atoms. The third kappa shape index (κ3) is 2.79. The number of carboxylic acids is 1. The van der Waals surface area contributed by atoms with Crippen molar-refractivity contribution in [1.29, 1.82) is 0 Å². The van der Waals surface area contributed by atoms with Crippen LogP contribution in [0.15, 0.2) is 49.1 Å². The molecule has 6 nitrogen and oxygen atoms in total. The van der Waals surface area contributed by atoms with E-state index in [-0.39, 0.29) is 12.2 Å². The molecule has 0 fully saturated rings. The lowest BCUT2D eigenvalue weighted by atomic mass is 10.2. The van der Waals surface area contributed by atoms with E-state index in [9.17, 15) is 4.79 Å². The third-order valence-corrected chi connectivity index (χ3v) is 2.98. The number of carbonyl (C=O) groups is 1. The second-order valence-electron chi connectivity index (χ2n) is 4.33. The predicted octanol–water partition coefficient (Wildman–Crippen LogP) is 2.30. The Hall–Kier alpha value is -3.02. The molecule has 6 heteroatoms. The van der Waals surface area contributed by atoms with E-state index in [4.69, 9.17) is 9.84 Å². The normalized spacial score (nSPS) is 10.5. The molecule has 1 N–H and O–H groups in total. The zero-order chi connectivity index (χ0) is 14.7. The van der Waals surface area contributed by atoms with Crippen LogP contribution in [0.2, 0.25) is 0 Å². The van der Waals surface area contributed by atoms with Crippen molar-refractivity contribution in [2.45, 2.75) is 6.61 Å². The lowest BCUT2D eigenvalue weighted by Crippen LogP contribution is -2.08. The third-order valence-electron chi connectivity index (χ3n) is 2.98. The Balaban J connectivity index is 1.82. The molecular weight excluding hydrogens is 270 g/mol. The molecule has 1 aromatic carbocycles. The van der Waals surface area contributed by atoms with Gasteiger partial charge in [0.2, 0.25) is 0 Å². The van der Waals surface area contributed by atoms with Gasteiger partial charge in [0, 0.05) is 23.8 Å². The lowest BCUT2D eigenvalue weighted by molar-refractivity contribution is 0.0692. The molecule has 0 aliphatic carbocycles. The number of aromatic carboxylic acids is 1. The second kappa shape index (κ2) is 5.54. The quantitative estimate of drug-likeness (QED) is 0.789. The van der Waals surface area contributed by atoms with Crippen molar-refractivity contribution in [3.8, 4) is 5.75 Å². The summed E-state index contributed by atoms with van der Waals surface area (Å²) < 4.78 is 5.60. The molecule has 0 unspecified atom stereocenters. The van der Waals surface area contributed by atoms with Crippen LogP contribution < -0.4 is 4.74 Å². The molecule has 0 spiro atoms. The van der Waals surface area contributed by atoms with Gasteiger partial charge in [0.15, 0.2) is 0 Å². The van der Waals surface area contributed by atoms with Crippen molar-refractivity contribution >= 4 is 16.9 Å². The molecule has 2 heterocycles. The number of nitrogens with zero attached hydrogens (tertiary/aromatic N) is 3. The number of aromatic nitrogens is 3. The maximum atomic E-state index is 11.1. The first-order valence-corrected chi connectivity index (χ1v) is 6.24. The summed E-state index contributed by atoms with van der Waals surface area (Å²) in [4.78, 5) is 23.0. The predicted molar refractivity (Wildman–Crippen MR) is 75.1 cm³/mol. The number of pyridine rings is 1. The average molecular weight is 281 g/mol. The Morgan fingerprint density at radius 1 is 1.24 bits per heavy atom. The molecule has 2 aromatic heterocycles. The van der Waals surface area contributed by atoms with Crippen LogP contribution in [0.5, 0.6) is 5.75 Å². The first kappa shape index (κ1) is 13.0. The van der Waals surface area contributed by atoms with Gasteiger partial charge in [-0.05, 0) is 18.2 Å². The fourth-order valence-corrected chi connectivity index (χ4v) is 1.94. The van der Waals surface area contributed by atoms with Crippen LogP contribution in [0, 0.1) is 0 Å². The monoisotopic (exact) mass is 281 g/mol. The minimum absolute atomic E-state index is 0.0383. The molecule has 3 aromatic rings. The highest BCUT2D eigenvalue weighted by Crippen LogP contribution is 2.19. The molecule has 0 amide bonds. The van der Waals surface area contributed by atoms with Gasteiger partial charge in [-0.2, -0.15) is 0 Å². The number of hydrogen-bond donors (Lipinski definition) is 1. The average Bonchev–Trinajstić information content (AvgIpc) is 2.53. The molecule has 0 saturated heterocycles.